The number of ether oxygens (including phenoxy) is 2. The first-order valence-corrected chi connectivity index (χ1v) is 9.69. The summed E-state index contributed by atoms with van der Waals surface area (Å²) in [6, 6.07) is 10.8. The number of hydrogen-bond donors (Lipinski definition) is 1. The smallest absolute Gasteiger partial charge is 0.432 e. The van der Waals surface area contributed by atoms with E-state index < -0.39 is 29.2 Å². The van der Waals surface area contributed by atoms with Crippen molar-refractivity contribution in [3.05, 3.63) is 69.9 Å². The molecule has 1 aliphatic heterocycles. The first-order chi connectivity index (χ1) is 15.2. The normalized spacial score (nSPS) is 13.5. The van der Waals surface area contributed by atoms with Crippen LogP contribution in [0.25, 0.3) is 11.3 Å². The highest BCUT2D eigenvalue weighted by molar-refractivity contribution is 6.31. The number of aromatic amines is 1. The van der Waals surface area contributed by atoms with Crippen LogP contribution in [0.5, 0.6) is 11.5 Å². The van der Waals surface area contributed by atoms with Crippen molar-refractivity contribution in [3.63, 3.8) is 0 Å². The number of alkyl halides is 3. The number of imide groups is 1. The third-order valence-electron chi connectivity index (χ3n) is 5.10. The molecule has 3 aromatic rings. The van der Waals surface area contributed by atoms with Gasteiger partial charge in [-0.05, 0) is 29.8 Å². The summed E-state index contributed by atoms with van der Waals surface area (Å²) < 4.78 is 51.5. The molecule has 1 N–H and O–H groups in total. The van der Waals surface area contributed by atoms with E-state index in [0.29, 0.717) is 17.1 Å². The van der Waals surface area contributed by atoms with Crippen LogP contribution in [0.1, 0.15) is 32.0 Å². The van der Waals surface area contributed by atoms with Gasteiger partial charge in [-0.1, -0.05) is 29.8 Å². The molecular formula is C22H16ClF3N2O4. The summed E-state index contributed by atoms with van der Waals surface area (Å²) >= 11 is 5.98. The number of H-pyrrole nitrogens is 1. The van der Waals surface area contributed by atoms with Crippen LogP contribution >= 0.6 is 11.6 Å². The van der Waals surface area contributed by atoms with Gasteiger partial charge >= 0.3 is 6.18 Å². The number of methoxy groups -OCH3 is 2. The highest BCUT2D eigenvalue weighted by Gasteiger charge is 2.48. The fourth-order valence-corrected chi connectivity index (χ4v) is 3.86. The lowest BCUT2D eigenvalue weighted by Gasteiger charge is -2.17. The second kappa shape index (κ2) is 7.90. The van der Waals surface area contributed by atoms with Crippen LogP contribution < -0.4 is 9.47 Å². The fourth-order valence-electron chi connectivity index (χ4n) is 3.67. The molecule has 2 amide bonds. The fraction of sp³-hybridized carbons (Fsp3) is 0.182. The van der Waals surface area contributed by atoms with Gasteiger partial charge in [-0.25, -0.2) is 0 Å². The van der Waals surface area contributed by atoms with E-state index in [1.54, 1.807) is 30.3 Å². The van der Waals surface area contributed by atoms with Gasteiger partial charge in [0.25, 0.3) is 11.8 Å². The average molecular weight is 465 g/mol. The lowest BCUT2D eigenvalue weighted by molar-refractivity contribution is -0.141. The van der Waals surface area contributed by atoms with Crippen molar-refractivity contribution in [1.29, 1.82) is 0 Å². The van der Waals surface area contributed by atoms with Gasteiger partial charge in [0.15, 0.2) is 11.5 Å². The quantitative estimate of drug-likeness (QED) is 0.529. The maximum absolute atomic E-state index is 13.7. The van der Waals surface area contributed by atoms with Crippen LogP contribution in [-0.2, 0) is 12.7 Å². The zero-order valence-corrected chi connectivity index (χ0v) is 17.6. The van der Waals surface area contributed by atoms with E-state index in [4.69, 9.17) is 21.1 Å². The van der Waals surface area contributed by atoms with Crippen LogP contribution in [0.4, 0.5) is 13.2 Å². The molecule has 0 radical (unpaired) electrons. The van der Waals surface area contributed by atoms with Crippen molar-refractivity contribution in [2.45, 2.75) is 12.7 Å². The number of amides is 2. The number of nitrogens with one attached hydrogen (secondary N) is 1. The summed E-state index contributed by atoms with van der Waals surface area (Å²) in [5.74, 6) is -1.07. The number of halogens is 4. The Kier molecular flexibility index (Phi) is 5.37. The summed E-state index contributed by atoms with van der Waals surface area (Å²) in [4.78, 5) is 29.1. The SMILES string of the molecule is COc1ccc(CN2C(=O)c3c(-c4cccc(Cl)c4)[nH]c(C(F)(F)F)c3C2=O)cc1OC. The predicted molar refractivity (Wildman–Crippen MR) is 110 cm³/mol. The summed E-state index contributed by atoms with van der Waals surface area (Å²) in [5.41, 5.74) is -1.66. The Bertz CT molecular complexity index is 1240. The highest BCUT2D eigenvalue weighted by Crippen LogP contribution is 2.42. The summed E-state index contributed by atoms with van der Waals surface area (Å²) in [5, 5.41) is 0.276. The van der Waals surface area contributed by atoms with Gasteiger partial charge < -0.3 is 14.5 Å². The number of carbonyl (C=O) groups is 2. The first kappa shape index (κ1) is 21.8. The molecule has 32 heavy (non-hydrogen) atoms. The standard InChI is InChI=1S/C22H16ClF3N2O4/c1-31-14-7-6-11(8-15(14)32-2)10-28-20(29)16-17(21(28)30)19(22(24,25)26)27-18(16)12-4-3-5-13(23)9-12/h3-9,27H,10H2,1-2H3. The van der Waals surface area contributed by atoms with Crippen LogP contribution in [0.15, 0.2) is 42.5 Å². The van der Waals surface area contributed by atoms with E-state index in [1.165, 1.54) is 26.4 Å². The van der Waals surface area contributed by atoms with Crippen LogP contribution in [0.2, 0.25) is 5.02 Å². The molecule has 0 unspecified atom stereocenters. The summed E-state index contributed by atoms with van der Waals surface area (Å²) in [7, 11) is 2.88. The predicted octanol–water partition coefficient (Wildman–Crippen LogP) is 5.17. The number of aromatic nitrogens is 1. The number of fused-ring (bicyclic) bond motifs is 1. The number of rotatable bonds is 5. The Hall–Kier alpha value is -3.46. The molecule has 4 rings (SSSR count). The summed E-state index contributed by atoms with van der Waals surface area (Å²) in [6.45, 7) is -0.237. The molecule has 0 spiro atoms. The highest BCUT2D eigenvalue weighted by atomic mass is 35.5. The van der Waals surface area contributed by atoms with Gasteiger partial charge in [-0.2, -0.15) is 13.2 Å². The Morgan fingerprint density at radius 1 is 0.969 bits per heavy atom. The molecule has 0 atom stereocenters. The van der Waals surface area contributed by atoms with E-state index in [1.807, 2.05) is 0 Å². The molecule has 0 bridgehead atoms. The largest absolute Gasteiger partial charge is 0.493 e. The van der Waals surface area contributed by atoms with E-state index in [2.05, 4.69) is 4.98 Å². The molecule has 6 nitrogen and oxygen atoms in total. The number of carbonyl (C=O) groups excluding carboxylic acids is 2. The molecule has 0 saturated carbocycles. The lowest BCUT2D eigenvalue weighted by atomic mass is 10.1. The van der Waals surface area contributed by atoms with E-state index >= 15 is 0 Å². The lowest BCUT2D eigenvalue weighted by Crippen LogP contribution is -2.30. The second-order valence-electron chi connectivity index (χ2n) is 7.02. The van der Waals surface area contributed by atoms with Crippen molar-refractivity contribution >= 4 is 23.4 Å². The van der Waals surface area contributed by atoms with Gasteiger partial charge in [0.2, 0.25) is 0 Å². The third-order valence-corrected chi connectivity index (χ3v) is 5.34. The van der Waals surface area contributed by atoms with E-state index in [9.17, 15) is 22.8 Å². The Morgan fingerprint density at radius 2 is 1.66 bits per heavy atom. The van der Waals surface area contributed by atoms with Crippen molar-refractivity contribution in [2.24, 2.45) is 0 Å². The van der Waals surface area contributed by atoms with Crippen LogP contribution in [0, 0.1) is 0 Å². The summed E-state index contributed by atoms with van der Waals surface area (Å²) in [6.07, 6.45) is -4.86. The van der Waals surface area contributed by atoms with Crippen molar-refractivity contribution < 1.29 is 32.2 Å². The number of benzene rings is 2. The molecule has 1 aliphatic rings. The van der Waals surface area contributed by atoms with Gasteiger partial charge in [0, 0.05) is 10.6 Å². The van der Waals surface area contributed by atoms with Crippen molar-refractivity contribution in [1.82, 2.24) is 9.88 Å². The molecule has 2 aromatic carbocycles. The minimum Gasteiger partial charge on any atom is -0.493 e. The molecular weight excluding hydrogens is 449 g/mol. The van der Waals surface area contributed by atoms with Gasteiger partial charge in [-0.15, -0.1) is 0 Å². The second-order valence-corrected chi connectivity index (χ2v) is 7.46. The first-order valence-electron chi connectivity index (χ1n) is 9.32. The van der Waals surface area contributed by atoms with Crippen LogP contribution in [-0.4, -0.2) is 35.9 Å². The Morgan fingerprint density at radius 3 is 2.28 bits per heavy atom. The molecule has 10 heteroatoms. The molecule has 0 aliphatic carbocycles. The van der Waals surface area contributed by atoms with E-state index in [0.717, 1.165) is 4.90 Å². The van der Waals surface area contributed by atoms with Crippen molar-refractivity contribution in [2.75, 3.05) is 14.2 Å². The molecule has 0 fully saturated rings. The third kappa shape index (κ3) is 3.58. The van der Waals surface area contributed by atoms with E-state index in [-0.39, 0.29) is 28.4 Å². The topological polar surface area (TPSA) is 71.6 Å². The van der Waals surface area contributed by atoms with Crippen molar-refractivity contribution in [3.8, 4) is 22.8 Å². The van der Waals surface area contributed by atoms with Gasteiger partial charge in [-0.3, -0.25) is 14.5 Å². The van der Waals surface area contributed by atoms with Gasteiger partial charge in [0.05, 0.1) is 37.6 Å². The van der Waals surface area contributed by atoms with Gasteiger partial charge in [0.1, 0.15) is 5.69 Å². The molecule has 0 saturated heterocycles. The monoisotopic (exact) mass is 464 g/mol. The minimum absolute atomic E-state index is 0.108. The molecule has 1 aromatic heterocycles. The maximum Gasteiger partial charge on any atom is 0.432 e. The number of hydrogen-bond acceptors (Lipinski definition) is 4. The number of nitrogens with zero attached hydrogens (tertiary/aromatic N) is 1. The molecule has 2 heterocycles. The Labute approximate surface area is 185 Å². The van der Waals surface area contributed by atoms with Crippen LogP contribution in [0.3, 0.4) is 0 Å². The minimum atomic E-state index is -4.86. The Balaban J connectivity index is 1.79. The maximum atomic E-state index is 13.7. The zero-order chi connectivity index (χ0) is 23.2. The average Bonchev–Trinajstić information content (AvgIpc) is 3.26. The zero-order valence-electron chi connectivity index (χ0n) is 16.8. The molecule has 166 valence electrons.